The van der Waals surface area contributed by atoms with E-state index in [4.69, 9.17) is 5.73 Å². The molecule has 0 saturated heterocycles. The van der Waals surface area contributed by atoms with Crippen LogP contribution in [0.15, 0.2) is 15.2 Å². The Morgan fingerprint density at radius 3 is 2.88 bits per heavy atom. The Kier molecular flexibility index (Phi) is 3.11. The second kappa shape index (κ2) is 4.43. The van der Waals surface area contributed by atoms with E-state index in [1.54, 1.807) is 11.3 Å². The molecule has 2 N–H and O–H groups in total. The van der Waals surface area contributed by atoms with Crippen molar-refractivity contribution in [2.45, 2.75) is 38.1 Å². The van der Waals surface area contributed by atoms with E-state index in [9.17, 15) is 0 Å². The monoisotopic (exact) mass is 299 g/mol. The van der Waals surface area contributed by atoms with Crippen LogP contribution in [-0.4, -0.2) is 0 Å². The highest BCUT2D eigenvalue weighted by Crippen LogP contribution is 2.50. The highest BCUT2D eigenvalue weighted by molar-refractivity contribution is 9.11. The van der Waals surface area contributed by atoms with Crippen LogP contribution in [0.25, 0.3) is 0 Å². The number of rotatable bonds is 3. The molecular weight excluding hydrogens is 282 g/mol. The van der Waals surface area contributed by atoms with E-state index >= 15 is 0 Å². The molecule has 88 valence electrons. The molecular formula is C13H18BrNS. The average Bonchev–Trinajstić information content (AvgIpc) is 2.92. The maximum absolute atomic E-state index is 6.31. The first kappa shape index (κ1) is 11.2. The first-order valence-electron chi connectivity index (χ1n) is 6.22. The van der Waals surface area contributed by atoms with E-state index in [0.29, 0.717) is 0 Å². The van der Waals surface area contributed by atoms with Crippen LogP contribution in [0, 0.1) is 17.8 Å². The Labute approximate surface area is 110 Å². The van der Waals surface area contributed by atoms with Crippen molar-refractivity contribution in [3.8, 4) is 0 Å². The molecule has 3 heteroatoms. The molecule has 2 fully saturated rings. The van der Waals surface area contributed by atoms with Crippen LogP contribution in [0.1, 0.15) is 43.7 Å². The third-order valence-electron chi connectivity index (χ3n) is 4.46. The lowest BCUT2D eigenvalue weighted by atomic mass is 9.83. The van der Waals surface area contributed by atoms with Gasteiger partial charge in [0, 0.05) is 6.04 Å². The van der Waals surface area contributed by atoms with Crippen molar-refractivity contribution in [2.75, 3.05) is 0 Å². The third kappa shape index (κ3) is 2.09. The van der Waals surface area contributed by atoms with E-state index in [2.05, 4.69) is 27.4 Å². The smallest absolute Gasteiger partial charge is 0.0701 e. The summed E-state index contributed by atoms with van der Waals surface area (Å²) in [6, 6.07) is 2.44. The van der Waals surface area contributed by atoms with Crippen molar-refractivity contribution in [1.29, 1.82) is 0 Å². The number of hydrogen-bond acceptors (Lipinski definition) is 2. The molecule has 0 radical (unpaired) electrons. The van der Waals surface area contributed by atoms with Gasteiger partial charge in [-0.1, -0.05) is 6.42 Å². The molecule has 2 saturated carbocycles. The zero-order chi connectivity index (χ0) is 11.1. The van der Waals surface area contributed by atoms with Crippen molar-refractivity contribution in [3.05, 3.63) is 20.8 Å². The van der Waals surface area contributed by atoms with Gasteiger partial charge in [-0.2, -0.15) is 0 Å². The maximum atomic E-state index is 6.31. The second-order valence-corrected chi connectivity index (χ2v) is 7.75. The number of halogens is 1. The normalized spacial score (nSPS) is 34.5. The molecule has 3 rings (SSSR count). The fraction of sp³-hybridized carbons (Fsp3) is 0.692. The van der Waals surface area contributed by atoms with Gasteiger partial charge in [0.1, 0.15) is 0 Å². The van der Waals surface area contributed by atoms with Crippen LogP contribution >= 0.6 is 27.3 Å². The van der Waals surface area contributed by atoms with Crippen LogP contribution in [0.4, 0.5) is 0 Å². The first-order valence-corrected chi connectivity index (χ1v) is 7.89. The number of thiophene rings is 1. The van der Waals surface area contributed by atoms with Crippen molar-refractivity contribution >= 4 is 27.3 Å². The standard InChI is InChI=1S/C13H18BrNS/c14-13-6-11(7-16-13)12(15)5-10-4-8-1-2-9(10)3-8/h6-10,12H,1-5,15H2. The summed E-state index contributed by atoms with van der Waals surface area (Å²) in [5, 5.41) is 2.20. The van der Waals surface area contributed by atoms with E-state index in [1.165, 1.54) is 41.5 Å². The second-order valence-electron chi connectivity index (χ2n) is 5.46. The van der Waals surface area contributed by atoms with Crippen molar-refractivity contribution < 1.29 is 0 Å². The lowest BCUT2D eigenvalue weighted by molar-refractivity contribution is 0.296. The van der Waals surface area contributed by atoms with Crippen LogP contribution in [0.3, 0.4) is 0 Å². The molecule has 0 aliphatic heterocycles. The Hall–Kier alpha value is 0.140. The van der Waals surface area contributed by atoms with E-state index in [-0.39, 0.29) is 6.04 Å². The SMILES string of the molecule is NC(CC1CC2CCC1C2)c1csc(Br)c1. The van der Waals surface area contributed by atoms with E-state index in [1.807, 2.05) is 0 Å². The predicted octanol–water partition coefficient (Wildman–Crippen LogP) is 4.34. The van der Waals surface area contributed by atoms with Gasteiger partial charge >= 0.3 is 0 Å². The summed E-state index contributed by atoms with van der Waals surface area (Å²) in [5.74, 6) is 2.95. The summed E-state index contributed by atoms with van der Waals surface area (Å²) in [7, 11) is 0. The zero-order valence-corrected chi connectivity index (χ0v) is 11.8. The zero-order valence-electron chi connectivity index (χ0n) is 9.36. The van der Waals surface area contributed by atoms with E-state index < -0.39 is 0 Å². The minimum atomic E-state index is 0.256. The summed E-state index contributed by atoms with van der Waals surface area (Å²) >= 11 is 5.25. The average molecular weight is 300 g/mol. The maximum Gasteiger partial charge on any atom is 0.0701 e. The summed E-state index contributed by atoms with van der Waals surface area (Å²) in [4.78, 5) is 0. The Bertz CT molecular complexity index is 376. The summed E-state index contributed by atoms with van der Waals surface area (Å²) in [6.07, 6.45) is 7.09. The van der Waals surface area contributed by atoms with Crippen molar-refractivity contribution in [1.82, 2.24) is 0 Å². The Morgan fingerprint density at radius 1 is 1.44 bits per heavy atom. The molecule has 1 aromatic rings. The molecule has 2 aliphatic rings. The third-order valence-corrected chi connectivity index (χ3v) is 5.98. The largest absolute Gasteiger partial charge is 0.324 e. The first-order chi connectivity index (χ1) is 7.72. The Morgan fingerprint density at radius 2 is 2.31 bits per heavy atom. The Balaban J connectivity index is 1.62. The minimum absolute atomic E-state index is 0.256. The highest BCUT2D eigenvalue weighted by atomic mass is 79.9. The van der Waals surface area contributed by atoms with Gasteiger partial charge in [0.15, 0.2) is 0 Å². The molecule has 1 heterocycles. The fourth-order valence-electron chi connectivity index (χ4n) is 3.65. The van der Waals surface area contributed by atoms with Gasteiger partial charge in [-0.3, -0.25) is 0 Å². The number of fused-ring (bicyclic) bond motifs is 2. The van der Waals surface area contributed by atoms with Crippen LogP contribution in [0.2, 0.25) is 0 Å². The van der Waals surface area contributed by atoms with Crippen LogP contribution < -0.4 is 5.73 Å². The van der Waals surface area contributed by atoms with Crippen molar-refractivity contribution in [3.63, 3.8) is 0 Å². The molecule has 16 heavy (non-hydrogen) atoms. The van der Waals surface area contributed by atoms with Gasteiger partial charge in [-0.05, 0) is 76.4 Å². The lowest BCUT2D eigenvalue weighted by Gasteiger charge is -2.24. The fourth-order valence-corrected chi connectivity index (χ4v) is 4.89. The van der Waals surface area contributed by atoms with Gasteiger partial charge < -0.3 is 5.73 Å². The summed E-state index contributed by atoms with van der Waals surface area (Å²) < 4.78 is 1.20. The number of hydrogen-bond donors (Lipinski definition) is 1. The molecule has 0 amide bonds. The molecule has 4 unspecified atom stereocenters. The van der Waals surface area contributed by atoms with Crippen LogP contribution in [0.5, 0.6) is 0 Å². The molecule has 1 nitrogen and oxygen atoms in total. The highest BCUT2D eigenvalue weighted by Gasteiger charge is 2.39. The quantitative estimate of drug-likeness (QED) is 0.883. The molecule has 2 bridgehead atoms. The van der Waals surface area contributed by atoms with Gasteiger partial charge in [0.05, 0.1) is 3.79 Å². The molecule has 2 aliphatic carbocycles. The van der Waals surface area contributed by atoms with Gasteiger partial charge in [0.25, 0.3) is 0 Å². The predicted molar refractivity (Wildman–Crippen MR) is 72.5 cm³/mol. The molecule has 1 aromatic heterocycles. The summed E-state index contributed by atoms with van der Waals surface area (Å²) in [6.45, 7) is 0. The van der Waals surface area contributed by atoms with Gasteiger partial charge in [-0.25, -0.2) is 0 Å². The van der Waals surface area contributed by atoms with Crippen LogP contribution in [-0.2, 0) is 0 Å². The minimum Gasteiger partial charge on any atom is -0.324 e. The summed E-state index contributed by atoms with van der Waals surface area (Å²) in [5.41, 5.74) is 7.62. The van der Waals surface area contributed by atoms with Gasteiger partial charge in [0.2, 0.25) is 0 Å². The molecule has 4 atom stereocenters. The molecule has 0 spiro atoms. The number of nitrogens with two attached hydrogens (primary N) is 1. The molecule has 0 aromatic carbocycles. The topological polar surface area (TPSA) is 26.0 Å². The van der Waals surface area contributed by atoms with Gasteiger partial charge in [-0.15, -0.1) is 11.3 Å². The van der Waals surface area contributed by atoms with E-state index in [0.717, 1.165) is 17.8 Å². The van der Waals surface area contributed by atoms with Crippen molar-refractivity contribution in [2.24, 2.45) is 23.5 Å². The lowest BCUT2D eigenvalue weighted by Crippen LogP contribution is -2.19.